The van der Waals surface area contributed by atoms with Crippen molar-refractivity contribution >= 4 is 11.4 Å². The van der Waals surface area contributed by atoms with Crippen LogP contribution in [-0.4, -0.2) is 17.0 Å². The summed E-state index contributed by atoms with van der Waals surface area (Å²) in [6, 6.07) is 6.47. The Labute approximate surface area is 114 Å². The van der Waals surface area contributed by atoms with Gasteiger partial charge in [0.1, 0.15) is 0 Å². The SMILES string of the molecule is CC(C)C(CN)(Nc1ccc([N+](=O)[O-])cc1)C(C)C. The van der Waals surface area contributed by atoms with Gasteiger partial charge in [0.2, 0.25) is 0 Å². The molecule has 0 saturated carbocycles. The third kappa shape index (κ3) is 3.23. The van der Waals surface area contributed by atoms with E-state index in [1.807, 2.05) is 0 Å². The van der Waals surface area contributed by atoms with Crippen LogP contribution in [-0.2, 0) is 0 Å². The Morgan fingerprint density at radius 2 is 1.68 bits per heavy atom. The highest BCUT2D eigenvalue weighted by Crippen LogP contribution is 2.30. The van der Waals surface area contributed by atoms with Crippen molar-refractivity contribution in [3.8, 4) is 0 Å². The number of nitrogens with two attached hydrogens (primary N) is 1. The number of nitro benzene ring substituents is 1. The van der Waals surface area contributed by atoms with E-state index in [1.54, 1.807) is 12.1 Å². The van der Waals surface area contributed by atoms with Gasteiger partial charge in [0, 0.05) is 24.4 Å². The number of benzene rings is 1. The van der Waals surface area contributed by atoms with Gasteiger partial charge < -0.3 is 11.1 Å². The lowest BCUT2D eigenvalue weighted by Gasteiger charge is -2.42. The summed E-state index contributed by atoms with van der Waals surface area (Å²) in [5.74, 6) is 0.709. The Kier molecular flexibility index (Phi) is 4.89. The van der Waals surface area contributed by atoms with Crippen LogP contribution in [0.4, 0.5) is 11.4 Å². The Hall–Kier alpha value is -1.62. The normalized spacial score (nSPS) is 11.9. The third-order valence-electron chi connectivity index (χ3n) is 3.85. The summed E-state index contributed by atoms with van der Waals surface area (Å²) in [6.45, 7) is 9.03. The zero-order chi connectivity index (χ0) is 14.6. The molecule has 0 radical (unpaired) electrons. The molecule has 19 heavy (non-hydrogen) atoms. The minimum absolute atomic E-state index is 0.0954. The van der Waals surface area contributed by atoms with Crippen molar-refractivity contribution in [1.82, 2.24) is 0 Å². The van der Waals surface area contributed by atoms with Crippen molar-refractivity contribution in [2.75, 3.05) is 11.9 Å². The number of non-ortho nitro benzene ring substituents is 1. The quantitative estimate of drug-likeness (QED) is 0.612. The molecule has 1 aromatic rings. The van der Waals surface area contributed by atoms with E-state index >= 15 is 0 Å². The second-order valence-electron chi connectivity index (χ2n) is 5.48. The molecule has 0 amide bonds. The van der Waals surface area contributed by atoms with Crippen LogP contribution in [0.5, 0.6) is 0 Å². The van der Waals surface area contributed by atoms with Crippen molar-refractivity contribution in [3.63, 3.8) is 0 Å². The summed E-state index contributed by atoms with van der Waals surface area (Å²) in [5.41, 5.74) is 6.71. The number of nitrogens with zero attached hydrogens (tertiary/aromatic N) is 1. The molecule has 5 heteroatoms. The average Bonchev–Trinajstić information content (AvgIpc) is 2.35. The first-order chi connectivity index (χ1) is 8.83. The molecule has 0 saturated heterocycles. The summed E-state index contributed by atoms with van der Waals surface area (Å²) >= 11 is 0. The number of nitrogens with one attached hydrogen (secondary N) is 1. The Bertz CT molecular complexity index is 419. The molecule has 1 aromatic carbocycles. The lowest BCUT2D eigenvalue weighted by Crippen LogP contribution is -2.54. The Morgan fingerprint density at radius 1 is 1.21 bits per heavy atom. The molecule has 5 nitrogen and oxygen atoms in total. The summed E-state index contributed by atoms with van der Waals surface area (Å²) in [7, 11) is 0. The molecule has 0 heterocycles. The van der Waals surface area contributed by atoms with Crippen molar-refractivity contribution in [2.24, 2.45) is 17.6 Å². The summed E-state index contributed by atoms with van der Waals surface area (Å²) in [5, 5.41) is 14.1. The second kappa shape index (κ2) is 6.02. The van der Waals surface area contributed by atoms with E-state index < -0.39 is 4.92 Å². The van der Waals surface area contributed by atoms with Gasteiger partial charge in [-0.05, 0) is 24.0 Å². The van der Waals surface area contributed by atoms with Crippen molar-refractivity contribution < 1.29 is 4.92 Å². The van der Waals surface area contributed by atoms with Gasteiger partial charge in [-0.25, -0.2) is 0 Å². The van der Waals surface area contributed by atoms with E-state index in [-0.39, 0.29) is 11.2 Å². The highest BCUT2D eigenvalue weighted by molar-refractivity contribution is 5.50. The van der Waals surface area contributed by atoms with Gasteiger partial charge >= 0.3 is 0 Å². The molecule has 0 aliphatic heterocycles. The first kappa shape index (κ1) is 15.4. The van der Waals surface area contributed by atoms with Gasteiger partial charge in [0.25, 0.3) is 5.69 Å². The highest BCUT2D eigenvalue weighted by atomic mass is 16.6. The van der Waals surface area contributed by atoms with Gasteiger partial charge in [0.15, 0.2) is 0 Å². The van der Waals surface area contributed by atoms with Crippen LogP contribution < -0.4 is 11.1 Å². The van der Waals surface area contributed by atoms with Crippen molar-refractivity contribution in [2.45, 2.75) is 33.2 Å². The first-order valence-corrected chi connectivity index (χ1v) is 6.56. The highest BCUT2D eigenvalue weighted by Gasteiger charge is 2.35. The van der Waals surface area contributed by atoms with Crippen LogP contribution in [0.25, 0.3) is 0 Å². The maximum absolute atomic E-state index is 10.6. The van der Waals surface area contributed by atoms with E-state index in [0.29, 0.717) is 18.4 Å². The summed E-state index contributed by atoms with van der Waals surface area (Å²) in [6.07, 6.45) is 0. The second-order valence-corrected chi connectivity index (χ2v) is 5.48. The largest absolute Gasteiger partial charge is 0.378 e. The van der Waals surface area contributed by atoms with E-state index in [0.717, 1.165) is 5.69 Å². The Morgan fingerprint density at radius 3 is 2.00 bits per heavy atom. The molecular weight excluding hydrogens is 242 g/mol. The van der Waals surface area contributed by atoms with Gasteiger partial charge in [-0.15, -0.1) is 0 Å². The standard InChI is InChI=1S/C14H23N3O2/c1-10(2)14(9-15,11(3)4)16-12-5-7-13(8-6-12)17(18)19/h5-8,10-11,16H,9,15H2,1-4H3. The van der Waals surface area contributed by atoms with Crippen molar-refractivity contribution in [3.05, 3.63) is 34.4 Å². The predicted octanol–water partition coefficient (Wildman–Crippen LogP) is 3.02. The fourth-order valence-electron chi connectivity index (χ4n) is 2.41. The molecule has 0 aliphatic carbocycles. The van der Waals surface area contributed by atoms with Gasteiger partial charge in [-0.2, -0.15) is 0 Å². The zero-order valence-electron chi connectivity index (χ0n) is 12.0. The lowest BCUT2D eigenvalue weighted by atomic mass is 9.76. The summed E-state index contributed by atoms with van der Waals surface area (Å²) in [4.78, 5) is 10.2. The molecule has 0 aliphatic rings. The fraction of sp³-hybridized carbons (Fsp3) is 0.571. The van der Waals surface area contributed by atoms with Crippen molar-refractivity contribution in [1.29, 1.82) is 0 Å². The average molecular weight is 265 g/mol. The summed E-state index contributed by atoms with van der Waals surface area (Å²) < 4.78 is 0. The molecule has 0 atom stereocenters. The molecule has 0 spiro atoms. The van der Waals surface area contributed by atoms with Crippen LogP contribution in [0, 0.1) is 22.0 Å². The van der Waals surface area contributed by atoms with E-state index in [1.165, 1.54) is 12.1 Å². The van der Waals surface area contributed by atoms with E-state index in [9.17, 15) is 10.1 Å². The molecule has 1 rings (SSSR count). The molecule has 0 bridgehead atoms. The fourth-order valence-corrected chi connectivity index (χ4v) is 2.41. The maximum Gasteiger partial charge on any atom is 0.269 e. The minimum atomic E-state index is -0.398. The van der Waals surface area contributed by atoms with E-state index in [4.69, 9.17) is 5.73 Å². The third-order valence-corrected chi connectivity index (χ3v) is 3.85. The van der Waals surface area contributed by atoms with Crippen LogP contribution in [0.2, 0.25) is 0 Å². The number of rotatable bonds is 6. The lowest BCUT2D eigenvalue weighted by molar-refractivity contribution is -0.384. The monoisotopic (exact) mass is 265 g/mol. The van der Waals surface area contributed by atoms with Crippen LogP contribution in [0.1, 0.15) is 27.7 Å². The number of hydrogen-bond acceptors (Lipinski definition) is 4. The molecular formula is C14H23N3O2. The minimum Gasteiger partial charge on any atom is -0.378 e. The smallest absolute Gasteiger partial charge is 0.269 e. The zero-order valence-corrected chi connectivity index (χ0v) is 12.0. The first-order valence-electron chi connectivity index (χ1n) is 6.56. The molecule has 3 N–H and O–H groups in total. The predicted molar refractivity (Wildman–Crippen MR) is 78.2 cm³/mol. The van der Waals surface area contributed by atoms with Crippen LogP contribution in [0.3, 0.4) is 0 Å². The topological polar surface area (TPSA) is 81.2 Å². The van der Waals surface area contributed by atoms with Crippen LogP contribution >= 0.6 is 0 Å². The number of nitro groups is 1. The maximum atomic E-state index is 10.6. The molecule has 0 fully saturated rings. The molecule has 0 unspecified atom stereocenters. The van der Waals surface area contributed by atoms with Gasteiger partial charge in [0.05, 0.1) is 10.5 Å². The van der Waals surface area contributed by atoms with Gasteiger partial charge in [-0.3, -0.25) is 10.1 Å². The number of anilines is 1. The number of hydrogen-bond donors (Lipinski definition) is 2. The van der Waals surface area contributed by atoms with Gasteiger partial charge in [-0.1, -0.05) is 27.7 Å². The van der Waals surface area contributed by atoms with E-state index in [2.05, 4.69) is 33.0 Å². The van der Waals surface area contributed by atoms with Crippen LogP contribution in [0.15, 0.2) is 24.3 Å². The molecule has 0 aromatic heterocycles. The molecule has 106 valence electrons. The Balaban J connectivity index is 3.00.